The Morgan fingerprint density at radius 2 is 1.44 bits per heavy atom. The van der Waals surface area contributed by atoms with Crippen LogP contribution in [0.25, 0.3) is 10.8 Å². The molecular weight excluding hydrogens is 429 g/mol. The fourth-order valence-electron chi connectivity index (χ4n) is 7.71. The van der Waals surface area contributed by atoms with Gasteiger partial charge < -0.3 is 0 Å². The van der Waals surface area contributed by atoms with E-state index in [1.165, 1.54) is 64.2 Å². The summed E-state index contributed by atoms with van der Waals surface area (Å²) in [5.74, 6) is 1.50. The van der Waals surface area contributed by atoms with E-state index in [0.717, 1.165) is 54.1 Å². The second-order valence-electron chi connectivity index (χ2n) is 11.5. The van der Waals surface area contributed by atoms with Crippen molar-refractivity contribution in [1.82, 2.24) is 0 Å². The normalized spacial score (nSPS) is 32.2. The maximum Gasteiger partial charge on any atom is 0.195 e. The average Bonchev–Trinajstić information content (AvgIpc) is 2.87. The SMILES string of the molecule is C/C=C/CCC1CCC2CC(C3CCC(c4ccc5c(F)c(F)c(F)cc5c4)CC3)CCC2C1. The van der Waals surface area contributed by atoms with Crippen LogP contribution in [-0.2, 0) is 0 Å². The van der Waals surface area contributed by atoms with Gasteiger partial charge in [0.15, 0.2) is 17.5 Å². The van der Waals surface area contributed by atoms with Crippen LogP contribution in [0.1, 0.15) is 95.5 Å². The number of hydrogen-bond donors (Lipinski definition) is 0. The molecule has 4 atom stereocenters. The van der Waals surface area contributed by atoms with Crippen molar-refractivity contribution in [3.8, 4) is 0 Å². The van der Waals surface area contributed by atoms with E-state index < -0.39 is 17.5 Å². The largest absolute Gasteiger partial charge is 0.204 e. The van der Waals surface area contributed by atoms with Crippen molar-refractivity contribution in [2.75, 3.05) is 0 Å². The fraction of sp³-hybridized carbons (Fsp3) is 0.613. The Hall–Kier alpha value is -1.77. The van der Waals surface area contributed by atoms with Crippen molar-refractivity contribution in [1.29, 1.82) is 0 Å². The van der Waals surface area contributed by atoms with E-state index in [4.69, 9.17) is 0 Å². The molecule has 3 heteroatoms. The number of rotatable bonds is 5. The van der Waals surface area contributed by atoms with Crippen LogP contribution in [0, 0.1) is 47.0 Å². The van der Waals surface area contributed by atoms with Crippen LogP contribution in [0.2, 0.25) is 0 Å². The molecule has 0 bridgehead atoms. The molecule has 34 heavy (non-hydrogen) atoms. The van der Waals surface area contributed by atoms with Gasteiger partial charge >= 0.3 is 0 Å². The second-order valence-corrected chi connectivity index (χ2v) is 11.5. The maximum atomic E-state index is 14.1. The molecule has 5 rings (SSSR count). The summed E-state index contributed by atoms with van der Waals surface area (Å²) in [6, 6.07) is 6.57. The van der Waals surface area contributed by atoms with Gasteiger partial charge in [0.2, 0.25) is 0 Å². The zero-order valence-corrected chi connectivity index (χ0v) is 20.5. The standard InChI is InChI=1S/C31H39F3/c1-2-3-4-5-20-6-7-26-17-24(13-12-23(26)16-20)21-8-10-22(11-9-21)25-14-15-28-27(18-25)19-29(32)31(34)30(28)33/h2-3,14-15,18-24,26H,4-13,16-17H2,1H3/b3-2+. The summed E-state index contributed by atoms with van der Waals surface area (Å²) in [6.07, 6.45) is 20.6. The summed E-state index contributed by atoms with van der Waals surface area (Å²) in [5, 5.41) is 0.639. The Kier molecular flexibility index (Phi) is 7.37. The van der Waals surface area contributed by atoms with E-state index in [0.29, 0.717) is 11.3 Å². The molecule has 0 nitrogen and oxygen atoms in total. The smallest absolute Gasteiger partial charge is 0.195 e. The van der Waals surface area contributed by atoms with Crippen molar-refractivity contribution in [2.24, 2.45) is 29.6 Å². The highest BCUT2D eigenvalue weighted by atomic mass is 19.2. The van der Waals surface area contributed by atoms with Crippen molar-refractivity contribution in [3.05, 3.63) is 59.4 Å². The first-order valence-electron chi connectivity index (χ1n) is 13.7. The molecule has 0 spiro atoms. The first kappa shape index (κ1) is 23.9. The first-order chi connectivity index (χ1) is 16.5. The summed E-state index contributed by atoms with van der Waals surface area (Å²) in [7, 11) is 0. The van der Waals surface area contributed by atoms with Crippen LogP contribution < -0.4 is 0 Å². The van der Waals surface area contributed by atoms with Gasteiger partial charge in [-0.25, -0.2) is 13.2 Å². The number of fused-ring (bicyclic) bond motifs is 2. The van der Waals surface area contributed by atoms with Gasteiger partial charge in [-0.15, -0.1) is 0 Å². The lowest BCUT2D eigenvalue weighted by Crippen LogP contribution is -2.34. The fourth-order valence-corrected chi connectivity index (χ4v) is 7.71. The molecular formula is C31H39F3. The molecule has 0 N–H and O–H groups in total. The molecule has 3 fully saturated rings. The van der Waals surface area contributed by atoms with Gasteiger partial charge in [0.05, 0.1) is 0 Å². The van der Waals surface area contributed by atoms with Crippen molar-refractivity contribution >= 4 is 10.8 Å². The molecule has 3 aliphatic carbocycles. The number of allylic oxidation sites excluding steroid dienone is 2. The summed E-state index contributed by atoms with van der Waals surface area (Å²) in [4.78, 5) is 0. The van der Waals surface area contributed by atoms with E-state index in [2.05, 4.69) is 19.1 Å². The van der Waals surface area contributed by atoms with E-state index in [9.17, 15) is 13.2 Å². The Labute approximate surface area is 203 Å². The van der Waals surface area contributed by atoms with E-state index in [1.807, 2.05) is 12.1 Å². The number of halogens is 3. The molecule has 0 saturated heterocycles. The van der Waals surface area contributed by atoms with E-state index in [-0.39, 0.29) is 5.39 Å². The zero-order valence-electron chi connectivity index (χ0n) is 20.5. The van der Waals surface area contributed by atoms with Gasteiger partial charge in [-0.1, -0.05) is 36.8 Å². The number of benzene rings is 2. The minimum Gasteiger partial charge on any atom is -0.204 e. The van der Waals surface area contributed by atoms with Gasteiger partial charge in [-0.3, -0.25) is 0 Å². The molecule has 0 amide bonds. The maximum absolute atomic E-state index is 14.1. The molecule has 0 aromatic heterocycles. The topological polar surface area (TPSA) is 0 Å². The molecule has 3 aliphatic rings. The van der Waals surface area contributed by atoms with Gasteiger partial charge in [-0.05, 0) is 130 Å². The molecule has 0 heterocycles. The molecule has 0 radical (unpaired) electrons. The third-order valence-corrected chi connectivity index (χ3v) is 9.65. The van der Waals surface area contributed by atoms with Crippen LogP contribution in [0.15, 0.2) is 36.4 Å². The highest BCUT2D eigenvalue weighted by Crippen LogP contribution is 2.50. The second kappa shape index (κ2) is 10.5. The Morgan fingerprint density at radius 1 is 0.765 bits per heavy atom. The summed E-state index contributed by atoms with van der Waals surface area (Å²) >= 11 is 0. The summed E-state index contributed by atoms with van der Waals surface area (Å²) in [5.41, 5.74) is 1.15. The Bertz CT molecular complexity index is 1020. The summed E-state index contributed by atoms with van der Waals surface area (Å²) < 4.78 is 41.4. The van der Waals surface area contributed by atoms with Crippen LogP contribution >= 0.6 is 0 Å². The van der Waals surface area contributed by atoms with E-state index in [1.54, 1.807) is 6.07 Å². The molecule has 2 aromatic carbocycles. The third kappa shape index (κ3) is 4.95. The van der Waals surface area contributed by atoms with Crippen LogP contribution in [0.5, 0.6) is 0 Å². The lowest BCUT2D eigenvalue weighted by molar-refractivity contribution is 0.0621. The summed E-state index contributed by atoms with van der Waals surface area (Å²) in [6.45, 7) is 2.12. The number of hydrogen-bond acceptors (Lipinski definition) is 0. The van der Waals surface area contributed by atoms with Crippen LogP contribution in [-0.4, -0.2) is 0 Å². The van der Waals surface area contributed by atoms with Crippen molar-refractivity contribution in [2.45, 2.75) is 89.9 Å². The molecule has 3 saturated carbocycles. The predicted octanol–water partition coefficient (Wildman–Crippen LogP) is 9.72. The predicted molar refractivity (Wildman–Crippen MR) is 134 cm³/mol. The average molecular weight is 469 g/mol. The quantitative estimate of drug-likeness (QED) is 0.303. The Balaban J connectivity index is 1.15. The molecule has 2 aromatic rings. The lowest BCUT2D eigenvalue weighted by Gasteiger charge is -2.45. The van der Waals surface area contributed by atoms with Crippen LogP contribution in [0.3, 0.4) is 0 Å². The zero-order chi connectivity index (χ0) is 23.7. The van der Waals surface area contributed by atoms with Gasteiger partial charge in [0, 0.05) is 5.39 Å². The first-order valence-corrected chi connectivity index (χ1v) is 13.7. The highest BCUT2D eigenvalue weighted by Gasteiger charge is 2.38. The minimum absolute atomic E-state index is 0.171. The monoisotopic (exact) mass is 468 g/mol. The van der Waals surface area contributed by atoms with E-state index >= 15 is 0 Å². The van der Waals surface area contributed by atoms with Crippen LogP contribution in [0.4, 0.5) is 13.2 Å². The minimum atomic E-state index is -1.38. The Morgan fingerprint density at radius 3 is 2.21 bits per heavy atom. The molecule has 0 aliphatic heterocycles. The molecule has 4 unspecified atom stereocenters. The van der Waals surface area contributed by atoms with Gasteiger partial charge in [0.1, 0.15) is 0 Å². The lowest BCUT2D eigenvalue weighted by atomic mass is 9.60. The van der Waals surface area contributed by atoms with Crippen molar-refractivity contribution in [3.63, 3.8) is 0 Å². The van der Waals surface area contributed by atoms with Crippen molar-refractivity contribution < 1.29 is 13.2 Å². The highest BCUT2D eigenvalue weighted by molar-refractivity contribution is 5.84. The molecule has 184 valence electrons. The van der Waals surface area contributed by atoms with Gasteiger partial charge in [-0.2, -0.15) is 0 Å². The third-order valence-electron chi connectivity index (χ3n) is 9.65. The van der Waals surface area contributed by atoms with Gasteiger partial charge in [0.25, 0.3) is 0 Å².